The molecule has 1 saturated heterocycles. The molecule has 2 aromatic carbocycles. The molecular weight excluding hydrogens is 465 g/mol. The smallest absolute Gasteiger partial charge is 0.274 e. The zero-order valence-electron chi connectivity index (χ0n) is 17.8. The normalized spacial score (nSPS) is 14.9. The van der Waals surface area contributed by atoms with E-state index in [1.54, 1.807) is 4.90 Å². The van der Waals surface area contributed by atoms with Crippen LogP contribution in [0.3, 0.4) is 0 Å². The number of nitrogens with zero attached hydrogens (tertiary/aromatic N) is 3. The van der Waals surface area contributed by atoms with Crippen LogP contribution in [0.25, 0.3) is 0 Å². The molecule has 0 atom stereocenters. The number of likely N-dealkylation sites (tertiary alicyclic amines) is 1. The Morgan fingerprint density at radius 1 is 1.03 bits per heavy atom. The topological polar surface area (TPSA) is 80.2 Å². The molecule has 9 heteroatoms. The first-order valence-electron chi connectivity index (χ1n) is 10.6. The average Bonchev–Trinajstić information content (AvgIpc) is 2.81. The number of carbonyl (C=O) groups excluding carboxylic acids is 1. The van der Waals surface area contributed by atoms with Gasteiger partial charge in [-0.2, -0.15) is 0 Å². The van der Waals surface area contributed by atoms with Gasteiger partial charge >= 0.3 is 0 Å². The highest BCUT2D eigenvalue weighted by Gasteiger charge is 2.28. The first-order chi connectivity index (χ1) is 15.8. The number of sulfone groups is 1. The highest BCUT2D eigenvalue weighted by molar-refractivity contribution is 7.90. The van der Waals surface area contributed by atoms with Gasteiger partial charge in [-0.1, -0.05) is 54.1 Å². The minimum Gasteiger partial charge on any atom is -0.337 e. The number of aromatic nitrogens is 2. The Bertz CT molecular complexity index is 1230. The first kappa shape index (κ1) is 23.3. The van der Waals surface area contributed by atoms with Crippen LogP contribution >= 0.6 is 11.6 Å². The van der Waals surface area contributed by atoms with Crippen LogP contribution in [0.4, 0.5) is 4.39 Å². The molecular formula is C24H23ClFN3O3S. The lowest BCUT2D eigenvalue weighted by Gasteiger charge is -2.32. The lowest BCUT2D eigenvalue weighted by atomic mass is 9.90. The summed E-state index contributed by atoms with van der Waals surface area (Å²) in [5.74, 6) is -0.796. The highest BCUT2D eigenvalue weighted by Crippen LogP contribution is 2.25. The number of rotatable bonds is 6. The molecule has 6 nitrogen and oxygen atoms in total. The maximum atomic E-state index is 13.1. The fourth-order valence-corrected chi connectivity index (χ4v) is 5.33. The number of halogens is 2. The summed E-state index contributed by atoms with van der Waals surface area (Å²) in [5, 5.41) is -0.467. The van der Waals surface area contributed by atoms with E-state index in [1.165, 1.54) is 29.8 Å². The van der Waals surface area contributed by atoms with Crippen molar-refractivity contribution in [3.05, 3.63) is 88.5 Å². The van der Waals surface area contributed by atoms with Crippen molar-refractivity contribution in [1.29, 1.82) is 0 Å². The summed E-state index contributed by atoms with van der Waals surface area (Å²) in [4.78, 5) is 22.6. The van der Waals surface area contributed by atoms with Gasteiger partial charge in [-0.25, -0.2) is 22.8 Å². The predicted octanol–water partition coefficient (Wildman–Crippen LogP) is 4.34. The van der Waals surface area contributed by atoms with Crippen molar-refractivity contribution in [2.45, 2.75) is 30.2 Å². The third-order valence-electron chi connectivity index (χ3n) is 5.74. The molecule has 0 bridgehead atoms. The molecule has 0 radical (unpaired) electrons. The first-order valence-corrected chi connectivity index (χ1v) is 12.7. The zero-order chi connectivity index (χ0) is 23.4. The van der Waals surface area contributed by atoms with Crippen LogP contribution in [0.15, 0.2) is 66.0 Å². The van der Waals surface area contributed by atoms with Gasteiger partial charge < -0.3 is 4.90 Å². The molecule has 1 fully saturated rings. The standard InChI is InChI=1S/C24H23ClFN3O3S/c25-21-15-27-24(33(31,32)16-19-6-8-20(26)9-7-19)28-22(21)23(30)29-12-10-18(11-13-29)14-17-4-2-1-3-5-17/h1-9,15,18H,10-14,16H2. The minimum absolute atomic E-state index is 0.00661. The molecule has 0 N–H and O–H groups in total. The lowest BCUT2D eigenvalue weighted by molar-refractivity contribution is 0.0683. The molecule has 1 aliphatic heterocycles. The number of carbonyl (C=O) groups is 1. The van der Waals surface area contributed by atoms with Gasteiger partial charge in [0.25, 0.3) is 5.91 Å². The van der Waals surface area contributed by atoms with Gasteiger partial charge in [0.2, 0.25) is 15.0 Å². The lowest BCUT2D eigenvalue weighted by Crippen LogP contribution is -2.39. The Hall–Kier alpha value is -2.84. The van der Waals surface area contributed by atoms with E-state index >= 15 is 0 Å². The predicted molar refractivity (Wildman–Crippen MR) is 123 cm³/mol. The minimum atomic E-state index is -3.95. The van der Waals surface area contributed by atoms with Crippen LogP contribution in [0, 0.1) is 11.7 Å². The van der Waals surface area contributed by atoms with Crippen molar-refractivity contribution >= 4 is 27.3 Å². The van der Waals surface area contributed by atoms with Crippen LogP contribution in [-0.4, -0.2) is 42.3 Å². The molecule has 4 rings (SSSR count). The second-order valence-electron chi connectivity index (χ2n) is 8.16. The Kier molecular flexibility index (Phi) is 7.05. The van der Waals surface area contributed by atoms with Gasteiger partial charge in [-0.15, -0.1) is 0 Å². The van der Waals surface area contributed by atoms with E-state index in [0.29, 0.717) is 24.6 Å². The van der Waals surface area contributed by atoms with Crippen molar-refractivity contribution in [3.8, 4) is 0 Å². The summed E-state index contributed by atoms with van der Waals surface area (Å²) < 4.78 is 38.7. The highest BCUT2D eigenvalue weighted by atomic mass is 35.5. The third-order valence-corrected chi connectivity index (χ3v) is 7.48. The average molecular weight is 488 g/mol. The number of amides is 1. The van der Waals surface area contributed by atoms with Crippen LogP contribution in [0.2, 0.25) is 5.02 Å². The Morgan fingerprint density at radius 2 is 1.70 bits per heavy atom. The monoisotopic (exact) mass is 487 g/mol. The maximum absolute atomic E-state index is 13.1. The zero-order valence-corrected chi connectivity index (χ0v) is 19.4. The molecule has 3 aromatic rings. The number of hydrogen-bond donors (Lipinski definition) is 0. The third kappa shape index (κ3) is 5.75. The van der Waals surface area contributed by atoms with Crippen LogP contribution in [0.5, 0.6) is 0 Å². The summed E-state index contributed by atoms with van der Waals surface area (Å²) in [6.45, 7) is 1.10. The van der Waals surface area contributed by atoms with Crippen molar-refractivity contribution in [1.82, 2.24) is 14.9 Å². The molecule has 2 heterocycles. The molecule has 0 spiro atoms. The number of hydrogen-bond acceptors (Lipinski definition) is 5. The molecule has 1 aliphatic rings. The van der Waals surface area contributed by atoms with Crippen LogP contribution < -0.4 is 0 Å². The summed E-state index contributed by atoms with van der Waals surface area (Å²) in [5.41, 5.74) is 1.55. The maximum Gasteiger partial charge on any atom is 0.274 e. The van der Waals surface area contributed by atoms with E-state index < -0.39 is 32.5 Å². The van der Waals surface area contributed by atoms with Gasteiger partial charge in [0.15, 0.2) is 5.69 Å². The van der Waals surface area contributed by atoms with E-state index in [4.69, 9.17) is 11.6 Å². The second kappa shape index (κ2) is 9.97. The van der Waals surface area contributed by atoms with E-state index in [-0.39, 0.29) is 10.7 Å². The fraction of sp³-hybridized carbons (Fsp3) is 0.292. The molecule has 33 heavy (non-hydrogen) atoms. The summed E-state index contributed by atoms with van der Waals surface area (Å²) in [6.07, 6.45) is 3.79. The van der Waals surface area contributed by atoms with Crippen molar-refractivity contribution < 1.29 is 17.6 Å². The molecule has 0 aliphatic carbocycles. The van der Waals surface area contributed by atoms with Gasteiger partial charge in [-0.05, 0) is 48.4 Å². The molecule has 1 amide bonds. The van der Waals surface area contributed by atoms with E-state index in [2.05, 4.69) is 22.1 Å². The number of piperidine rings is 1. The molecule has 1 aromatic heterocycles. The fourth-order valence-electron chi connectivity index (χ4n) is 3.95. The number of benzene rings is 2. The Labute approximate surface area is 197 Å². The van der Waals surface area contributed by atoms with Gasteiger partial charge in [0, 0.05) is 13.1 Å². The quantitative estimate of drug-likeness (QED) is 0.483. The van der Waals surface area contributed by atoms with Gasteiger partial charge in [0.1, 0.15) is 5.82 Å². The Balaban J connectivity index is 1.45. The van der Waals surface area contributed by atoms with E-state index in [0.717, 1.165) is 25.5 Å². The van der Waals surface area contributed by atoms with E-state index in [9.17, 15) is 17.6 Å². The Morgan fingerprint density at radius 3 is 2.36 bits per heavy atom. The van der Waals surface area contributed by atoms with Crippen molar-refractivity contribution in [2.24, 2.45) is 5.92 Å². The largest absolute Gasteiger partial charge is 0.337 e. The SMILES string of the molecule is O=C(c1nc(S(=O)(=O)Cc2ccc(F)cc2)ncc1Cl)N1CCC(Cc2ccccc2)CC1. The van der Waals surface area contributed by atoms with Crippen LogP contribution in [0.1, 0.15) is 34.5 Å². The van der Waals surface area contributed by atoms with Crippen molar-refractivity contribution in [2.75, 3.05) is 13.1 Å². The summed E-state index contributed by atoms with van der Waals surface area (Å²) in [6, 6.07) is 15.4. The van der Waals surface area contributed by atoms with Gasteiger partial charge in [0.05, 0.1) is 17.0 Å². The molecule has 172 valence electrons. The second-order valence-corrected chi connectivity index (χ2v) is 10.5. The van der Waals surface area contributed by atoms with E-state index in [1.807, 2.05) is 18.2 Å². The summed E-state index contributed by atoms with van der Waals surface area (Å²) in [7, 11) is -3.95. The molecule has 0 unspecified atom stereocenters. The van der Waals surface area contributed by atoms with Gasteiger partial charge in [-0.3, -0.25) is 4.79 Å². The van der Waals surface area contributed by atoms with Crippen LogP contribution in [-0.2, 0) is 22.0 Å². The molecule has 0 saturated carbocycles. The van der Waals surface area contributed by atoms with Crippen molar-refractivity contribution in [3.63, 3.8) is 0 Å². The summed E-state index contributed by atoms with van der Waals surface area (Å²) >= 11 is 6.17.